The van der Waals surface area contributed by atoms with E-state index in [9.17, 15) is 4.79 Å². The van der Waals surface area contributed by atoms with Gasteiger partial charge in [-0.15, -0.1) is 0 Å². The normalized spacial score (nSPS) is 7.27. The zero-order valence-electron chi connectivity index (χ0n) is 5.54. The summed E-state index contributed by atoms with van der Waals surface area (Å²) in [6, 6.07) is 8.30. The molecule has 1 aromatic rings. The van der Waals surface area contributed by atoms with Crippen LogP contribution >= 0.6 is 0 Å². The third-order valence-electron chi connectivity index (χ3n) is 1.02. The molecule has 0 unspecified atom stereocenters. The predicted octanol–water partition coefficient (Wildman–Crippen LogP) is 0.558. The molecule has 0 saturated heterocycles. The van der Waals surface area contributed by atoms with Gasteiger partial charge in [-0.05, 0) is 12.1 Å². The van der Waals surface area contributed by atoms with E-state index in [4.69, 9.17) is 5.11 Å². The van der Waals surface area contributed by atoms with Crippen molar-refractivity contribution in [1.29, 1.82) is 0 Å². The number of hydrogen-bond donors (Lipinski definition) is 1. The van der Waals surface area contributed by atoms with Gasteiger partial charge in [-0.1, -0.05) is 18.2 Å². The van der Waals surface area contributed by atoms with Crippen molar-refractivity contribution in [3.63, 3.8) is 0 Å². The Kier molecular flexibility index (Phi) is 7.24. The Morgan fingerprint density at radius 2 is 1.64 bits per heavy atom. The van der Waals surface area contributed by atoms with Crippen molar-refractivity contribution < 1.29 is 37.8 Å². The van der Waals surface area contributed by atoms with Crippen molar-refractivity contribution in [3.8, 4) is 0 Å². The minimum Gasteiger partial charge on any atom is -0.478 e. The summed E-state index contributed by atoms with van der Waals surface area (Å²) in [6.07, 6.45) is 0. The largest absolute Gasteiger partial charge is 0.478 e. The number of rotatable bonds is 1. The Labute approximate surface area is 79.9 Å². The van der Waals surface area contributed by atoms with E-state index in [1.807, 2.05) is 0 Å². The van der Waals surface area contributed by atoms with Gasteiger partial charge >= 0.3 is 5.97 Å². The van der Waals surface area contributed by atoms with Gasteiger partial charge in [0.05, 0.1) is 5.56 Å². The molecule has 0 fully saturated rings. The summed E-state index contributed by atoms with van der Waals surface area (Å²) in [5.74, 6) is -0.879. The molecule has 0 bridgehead atoms. The molecular formula is C7H8AgO3. The Hall–Kier alpha value is -0.610. The SMILES string of the molecule is O.O=C(O)c1ccccc1.[Ag]. The first kappa shape index (κ1) is 13.0. The smallest absolute Gasteiger partial charge is 0.335 e. The summed E-state index contributed by atoms with van der Waals surface area (Å²) >= 11 is 0. The number of carboxylic acids is 1. The van der Waals surface area contributed by atoms with Crippen LogP contribution in [0.1, 0.15) is 10.4 Å². The van der Waals surface area contributed by atoms with Gasteiger partial charge in [-0.25, -0.2) is 4.79 Å². The quantitative estimate of drug-likeness (QED) is 0.737. The fraction of sp³-hybridized carbons (Fsp3) is 0. The number of carbonyl (C=O) groups is 1. The molecule has 0 atom stereocenters. The minimum absolute atomic E-state index is 0. The van der Waals surface area contributed by atoms with Crippen molar-refractivity contribution >= 4 is 5.97 Å². The Morgan fingerprint density at radius 1 is 1.18 bits per heavy atom. The van der Waals surface area contributed by atoms with Gasteiger partial charge in [0.1, 0.15) is 0 Å². The summed E-state index contributed by atoms with van der Waals surface area (Å²) in [5, 5.41) is 8.38. The molecule has 4 heteroatoms. The van der Waals surface area contributed by atoms with E-state index in [1.165, 1.54) is 0 Å². The maximum Gasteiger partial charge on any atom is 0.335 e. The second kappa shape index (κ2) is 6.12. The first-order valence-corrected chi connectivity index (χ1v) is 2.59. The molecule has 0 saturated carbocycles. The van der Waals surface area contributed by atoms with E-state index in [1.54, 1.807) is 30.3 Å². The molecule has 0 spiro atoms. The second-order valence-electron chi connectivity index (χ2n) is 1.67. The van der Waals surface area contributed by atoms with Crippen molar-refractivity contribution in [2.45, 2.75) is 0 Å². The summed E-state index contributed by atoms with van der Waals surface area (Å²) in [4.78, 5) is 10.2. The topological polar surface area (TPSA) is 68.8 Å². The van der Waals surface area contributed by atoms with Gasteiger partial charge in [0, 0.05) is 22.4 Å². The van der Waals surface area contributed by atoms with Crippen LogP contribution in [0, 0.1) is 0 Å². The van der Waals surface area contributed by atoms with Gasteiger partial charge in [0.2, 0.25) is 0 Å². The van der Waals surface area contributed by atoms with Crippen LogP contribution in [0.2, 0.25) is 0 Å². The zero-order valence-corrected chi connectivity index (χ0v) is 7.03. The number of hydrogen-bond acceptors (Lipinski definition) is 1. The molecule has 1 aromatic carbocycles. The van der Waals surface area contributed by atoms with E-state index in [-0.39, 0.29) is 27.9 Å². The minimum atomic E-state index is -0.879. The third-order valence-corrected chi connectivity index (χ3v) is 1.02. The molecule has 0 aliphatic rings. The van der Waals surface area contributed by atoms with Gasteiger partial charge in [-0.2, -0.15) is 0 Å². The summed E-state index contributed by atoms with van der Waals surface area (Å²) in [7, 11) is 0. The number of carboxylic acid groups (broad SMARTS) is 1. The van der Waals surface area contributed by atoms with Crippen LogP contribution in [0.15, 0.2) is 30.3 Å². The molecule has 0 aliphatic carbocycles. The van der Waals surface area contributed by atoms with Gasteiger partial charge < -0.3 is 10.6 Å². The van der Waals surface area contributed by atoms with Crippen LogP contribution in [0.3, 0.4) is 0 Å². The molecule has 11 heavy (non-hydrogen) atoms. The van der Waals surface area contributed by atoms with Crippen LogP contribution in [-0.4, -0.2) is 16.6 Å². The first-order valence-electron chi connectivity index (χ1n) is 2.59. The number of aromatic carboxylic acids is 1. The Morgan fingerprint density at radius 3 is 1.91 bits per heavy atom. The van der Waals surface area contributed by atoms with Crippen molar-refractivity contribution in [2.75, 3.05) is 0 Å². The van der Waals surface area contributed by atoms with Gasteiger partial charge in [-0.3, -0.25) is 0 Å². The molecule has 0 amide bonds. The van der Waals surface area contributed by atoms with Crippen LogP contribution in [0.25, 0.3) is 0 Å². The van der Waals surface area contributed by atoms with Gasteiger partial charge in [0.15, 0.2) is 0 Å². The Balaban J connectivity index is 0. The second-order valence-corrected chi connectivity index (χ2v) is 1.67. The summed E-state index contributed by atoms with van der Waals surface area (Å²) < 4.78 is 0. The first-order chi connectivity index (χ1) is 4.30. The maximum absolute atomic E-state index is 10.2. The van der Waals surface area contributed by atoms with E-state index in [0.717, 1.165) is 0 Å². The van der Waals surface area contributed by atoms with E-state index in [2.05, 4.69) is 0 Å². The van der Waals surface area contributed by atoms with Gasteiger partial charge in [0.25, 0.3) is 0 Å². The van der Waals surface area contributed by atoms with Crippen molar-refractivity contribution in [3.05, 3.63) is 35.9 Å². The molecule has 65 valence electrons. The van der Waals surface area contributed by atoms with Crippen molar-refractivity contribution in [1.82, 2.24) is 0 Å². The van der Waals surface area contributed by atoms with Crippen LogP contribution in [0.5, 0.6) is 0 Å². The maximum atomic E-state index is 10.2. The average Bonchev–Trinajstić information content (AvgIpc) is 1.90. The Bertz CT molecular complexity index is 210. The van der Waals surface area contributed by atoms with Crippen molar-refractivity contribution in [2.24, 2.45) is 0 Å². The molecule has 0 aromatic heterocycles. The number of benzene rings is 1. The molecule has 1 rings (SSSR count). The van der Waals surface area contributed by atoms with E-state index >= 15 is 0 Å². The van der Waals surface area contributed by atoms with Crippen LogP contribution in [-0.2, 0) is 22.4 Å². The van der Waals surface area contributed by atoms with Crippen LogP contribution in [0.4, 0.5) is 0 Å². The third kappa shape index (κ3) is 3.95. The predicted molar refractivity (Wildman–Crippen MR) is 37.0 cm³/mol. The van der Waals surface area contributed by atoms with Crippen LogP contribution < -0.4 is 0 Å². The molecule has 0 aliphatic heterocycles. The fourth-order valence-corrected chi connectivity index (χ4v) is 0.581. The zero-order chi connectivity index (χ0) is 6.69. The van der Waals surface area contributed by atoms with E-state index < -0.39 is 5.97 Å². The average molecular weight is 248 g/mol. The molecule has 1 radical (unpaired) electrons. The standard InChI is InChI=1S/C7H6O2.Ag.H2O/c8-7(9)6-4-2-1-3-5-6;;/h1-5H,(H,8,9);;1H2. The molecule has 3 N–H and O–H groups in total. The fourth-order valence-electron chi connectivity index (χ4n) is 0.581. The summed E-state index contributed by atoms with van der Waals surface area (Å²) in [5.41, 5.74) is 0.331. The summed E-state index contributed by atoms with van der Waals surface area (Å²) in [6.45, 7) is 0. The molecular weight excluding hydrogens is 240 g/mol. The molecule has 3 nitrogen and oxygen atoms in total. The van der Waals surface area contributed by atoms with E-state index in [0.29, 0.717) is 5.56 Å². The monoisotopic (exact) mass is 247 g/mol. The molecule has 0 heterocycles.